The van der Waals surface area contributed by atoms with Gasteiger partial charge in [0.2, 0.25) is 0 Å². The number of nitrogens with zero attached hydrogens (tertiary/aromatic N) is 2. The highest BCUT2D eigenvalue weighted by Crippen LogP contribution is 2.37. The second-order valence-electron chi connectivity index (χ2n) is 8.12. The van der Waals surface area contributed by atoms with Crippen molar-refractivity contribution in [2.75, 3.05) is 26.7 Å². The predicted molar refractivity (Wildman–Crippen MR) is 116 cm³/mol. The number of methoxy groups -OCH3 is 1. The number of carbonyl (C=O) groups is 2. The fourth-order valence-corrected chi connectivity index (χ4v) is 4.70. The van der Waals surface area contributed by atoms with Gasteiger partial charge in [-0.2, -0.15) is 13.2 Å². The molecule has 1 spiro atoms. The molecule has 0 aliphatic carbocycles. The van der Waals surface area contributed by atoms with E-state index < -0.39 is 11.1 Å². The molecule has 0 unspecified atom stereocenters. The van der Waals surface area contributed by atoms with E-state index in [1.807, 2.05) is 24.3 Å². The highest BCUT2D eigenvalue weighted by atomic mass is 32.2. The fourth-order valence-electron chi connectivity index (χ4n) is 4.17. The Bertz CT molecular complexity index is 1020. The van der Waals surface area contributed by atoms with Crippen molar-refractivity contribution >= 4 is 23.8 Å². The van der Waals surface area contributed by atoms with Crippen molar-refractivity contribution in [3.8, 4) is 5.75 Å². The summed E-state index contributed by atoms with van der Waals surface area (Å²) in [6.07, 6.45) is 0.623. The molecule has 2 aliphatic rings. The van der Waals surface area contributed by atoms with Crippen LogP contribution in [0.15, 0.2) is 53.4 Å². The Morgan fingerprint density at radius 3 is 2.48 bits per heavy atom. The van der Waals surface area contributed by atoms with Crippen molar-refractivity contribution in [2.45, 2.75) is 35.4 Å². The molecule has 2 aliphatic heterocycles. The molecular weight excluding hydrogens is 457 g/mol. The Hall–Kier alpha value is -2.88. The zero-order valence-corrected chi connectivity index (χ0v) is 18.7. The Morgan fingerprint density at radius 1 is 1.15 bits per heavy atom. The molecule has 2 fully saturated rings. The first kappa shape index (κ1) is 23.3. The third-order valence-corrected chi connectivity index (χ3v) is 6.58. The monoisotopic (exact) mass is 480 g/mol. The standard InChI is InChI=1S/C23H23F3N2O4S/c1-31-18-4-2-3-16(13-18)14-28-15-22(32-21(28)30)9-11-27(12-10-22)20(29)17-5-7-19(8-6-17)33-23(24,25)26/h2-8,13H,9-12,14-15H2,1H3. The molecular formula is C23H23F3N2O4S. The van der Waals surface area contributed by atoms with Crippen LogP contribution in [0.2, 0.25) is 0 Å². The van der Waals surface area contributed by atoms with Crippen LogP contribution in [-0.2, 0) is 11.3 Å². The van der Waals surface area contributed by atoms with Gasteiger partial charge in [-0.1, -0.05) is 12.1 Å². The molecule has 0 aromatic heterocycles. The van der Waals surface area contributed by atoms with Gasteiger partial charge in [-0.25, -0.2) is 4.79 Å². The molecule has 2 aromatic rings. The Kier molecular flexibility index (Phi) is 6.47. The number of ether oxygens (including phenoxy) is 2. The number of hydrogen-bond donors (Lipinski definition) is 0. The van der Waals surface area contributed by atoms with Crippen molar-refractivity contribution in [1.29, 1.82) is 0 Å². The summed E-state index contributed by atoms with van der Waals surface area (Å²) in [5, 5.41) is 0. The molecule has 6 nitrogen and oxygen atoms in total. The summed E-state index contributed by atoms with van der Waals surface area (Å²) in [7, 11) is 1.59. The number of halogens is 3. The van der Waals surface area contributed by atoms with E-state index in [1.165, 1.54) is 24.3 Å². The highest BCUT2D eigenvalue weighted by Gasteiger charge is 2.47. The smallest absolute Gasteiger partial charge is 0.446 e. The van der Waals surface area contributed by atoms with Gasteiger partial charge >= 0.3 is 11.6 Å². The van der Waals surface area contributed by atoms with Crippen molar-refractivity contribution in [3.05, 3.63) is 59.7 Å². The molecule has 2 aromatic carbocycles. The third kappa shape index (κ3) is 5.55. The largest absolute Gasteiger partial charge is 0.497 e. The summed E-state index contributed by atoms with van der Waals surface area (Å²) >= 11 is -0.213. The summed E-state index contributed by atoms with van der Waals surface area (Å²) in [4.78, 5) is 28.6. The molecule has 2 heterocycles. The molecule has 2 amide bonds. The van der Waals surface area contributed by atoms with Gasteiger partial charge in [0.15, 0.2) is 0 Å². The van der Waals surface area contributed by atoms with Crippen LogP contribution in [-0.4, -0.2) is 59.7 Å². The minimum absolute atomic E-state index is 0.0330. The zero-order valence-electron chi connectivity index (χ0n) is 17.9. The number of thioether (sulfide) groups is 1. The lowest BCUT2D eigenvalue weighted by molar-refractivity contribution is -0.0328. The van der Waals surface area contributed by atoms with Crippen LogP contribution in [0.1, 0.15) is 28.8 Å². The van der Waals surface area contributed by atoms with Crippen LogP contribution in [0.3, 0.4) is 0 Å². The van der Waals surface area contributed by atoms with Gasteiger partial charge in [-0.05, 0) is 53.7 Å². The van der Waals surface area contributed by atoms with Gasteiger partial charge in [0, 0.05) is 42.9 Å². The van der Waals surface area contributed by atoms with Gasteiger partial charge in [-0.3, -0.25) is 9.69 Å². The maximum atomic E-state index is 12.8. The molecule has 176 valence electrons. The summed E-state index contributed by atoms with van der Waals surface area (Å²) in [5.41, 5.74) is -3.74. The number of alkyl halides is 3. The highest BCUT2D eigenvalue weighted by molar-refractivity contribution is 8.00. The second kappa shape index (κ2) is 9.17. The average Bonchev–Trinajstić information content (AvgIpc) is 3.07. The minimum Gasteiger partial charge on any atom is -0.497 e. The first-order chi connectivity index (χ1) is 15.7. The van der Waals surface area contributed by atoms with Gasteiger partial charge in [-0.15, -0.1) is 0 Å². The molecule has 0 bridgehead atoms. The molecule has 0 radical (unpaired) electrons. The fraction of sp³-hybridized carbons (Fsp3) is 0.391. The predicted octanol–water partition coefficient (Wildman–Crippen LogP) is 4.93. The van der Waals surface area contributed by atoms with Crippen LogP contribution in [0.25, 0.3) is 0 Å². The number of amides is 2. The van der Waals surface area contributed by atoms with Crippen LogP contribution >= 0.6 is 11.8 Å². The SMILES string of the molecule is COc1cccc(CN2CC3(CCN(C(=O)c4ccc(SC(F)(F)F)cc4)CC3)OC2=O)c1. The van der Waals surface area contributed by atoms with Gasteiger partial charge in [0.05, 0.1) is 13.7 Å². The normalized spacial score (nSPS) is 17.9. The van der Waals surface area contributed by atoms with Crippen LogP contribution in [0.4, 0.5) is 18.0 Å². The van der Waals surface area contributed by atoms with Crippen LogP contribution in [0.5, 0.6) is 5.75 Å². The summed E-state index contributed by atoms with van der Waals surface area (Å²) < 4.78 is 48.4. The second-order valence-corrected chi connectivity index (χ2v) is 9.26. The van der Waals surface area contributed by atoms with E-state index in [4.69, 9.17) is 9.47 Å². The van der Waals surface area contributed by atoms with Crippen molar-refractivity contribution in [3.63, 3.8) is 0 Å². The Morgan fingerprint density at radius 2 is 1.85 bits per heavy atom. The summed E-state index contributed by atoms with van der Waals surface area (Å²) in [6.45, 7) is 1.65. The van der Waals surface area contributed by atoms with Crippen molar-refractivity contribution < 1.29 is 32.2 Å². The first-order valence-electron chi connectivity index (χ1n) is 10.4. The van der Waals surface area contributed by atoms with Crippen molar-refractivity contribution in [2.24, 2.45) is 0 Å². The quantitative estimate of drug-likeness (QED) is 0.568. The lowest BCUT2D eigenvalue weighted by Crippen LogP contribution is -2.48. The minimum atomic E-state index is -4.37. The van der Waals surface area contributed by atoms with Gasteiger partial charge in [0.25, 0.3) is 5.91 Å². The van der Waals surface area contributed by atoms with Crippen LogP contribution < -0.4 is 4.74 Å². The van der Waals surface area contributed by atoms with Crippen molar-refractivity contribution in [1.82, 2.24) is 9.80 Å². The first-order valence-corrected chi connectivity index (χ1v) is 11.2. The molecule has 33 heavy (non-hydrogen) atoms. The molecule has 0 atom stereocenters. The number of likely N-dealkylation sites (tertiary alicyclic amines) is 1. The molecule has 10 heteroatoms. The maximum Gasteiger partial charge on any atom is 0.446 e. The van der Waals surface area contributed by atoms with E-state index in [9.17, 15) is 22.8 Å². The van der Waals surface area contributed by atoms with E-state index in [0.717, 1.165) is 5.56 Å². The van der Waals surface area contributed by atoms with E-state index in [-0.39, 0.29) is 28.7 Å². The molecule has 4 rings (SSSR count). The number of benzene rings is 2. The van der Waals surface area contributed by atoms with E-state index in [2.05, 4.69) is 0 Å². The Balaban J connectivity index is 1.34. The van der Waals surface area contributed by atoms with Gasteiger partial charge < -0.3 is 14.4 Å². The lowest BCUT2D eigenvalue weighted by atomic mass is 9.91. The third-order valence-electron chi connectivity index (χ3n) is 5.85. The van der Waals surface area contributed by atoms with E-state index >= 15 is 0 Å². The van der Waals surface area contributed by atoms with Gasteiger partial charge in [0.1, 0.15) is 11.4 Å². The average molecular weight is 481 g/mol. The number of hydrogen-bond acceptors (Lipinski definition) is 5. The van der Waals surface area contributed by atoms with E-state index in [1.54, 1.807) is 16.9 Å². The summed E-state index contributed by atoms with van der Waals surface area (Å²) in [5.74, 6) is 0.470. The Labute approximate surface area is 193 Å². The zero-order chi connectivity index (χ0) is 23.6. The summed E-state index contributed by atoms with van der Waals surface area (Å²) in [6, 6.07) is 12.9. The topological polar surface area (TPSA) is 59.1 Å². The number of piperidine rings is 1. The molecule has 0 N–H and O–H groups in total. The number of carbonyl (C=O) groups excluding carboxylic acids is 2. The molecule has 0 saturated carbocycles. The van der Waals surface area contributed by atoms with Crippen LogP contribution in [0, 0.1) is 0 Å². The maximum absolute atomic E-state index is 12.8. The van der Waals surface area contributed by atoms with E-state index in [0.29, 0.717) is 50.3 Å². The molecule has 2 saturated heterocycles. The lowest BCUT2D eigenvalue weighted by Gasteiger charge is -2.37. The number of rotatable bonds is 5.